The van der Waals surface area contributed by atoms with E-state index >= 15 is 0 Å². The highest BCUT2D eigenvalue weighted by Crippen LogP contribution is 2.29. The maximum Gasteiger partial charge on any atom is 0.253 e. The lowest BCUT2D eigenvalue weighted by molar-refractivity contribution is 0.0951. The number of halogens is 2. The maximum atomic E-state index is 12.3. The van der Waals surface area contributed by atoms with Gasteiger partial charge in [0, 0.05) is 24.3 Å². The normalized spacial score (nSPS) is 13.7. The van der Waals surface area contributed by atoms with E-state index in [4.69, 9.17) is 17.3 Å². The Kier molecular flexibility index (Phi) is 5.52. The highest BCUT2D eigenvalue weighted by atomic mass is 79.9. The first-order chi connectivity index (χ1) is 13.6. The molecule has 7 nitrogen and oxygen atoms in total. The zero-order valence-corrected chi connectivity index (χ0v) is 17.4. The molecule has 2 heterocycles. The SMILES string of the molecule is NCCCNc1nc(Br)cn2c(-c3ccc(C(=O)NC4CC4)c(Cl)c3)cnc12. The quantitative estimate of drug-likeness (QED) is 0.466. The van der Waals surface area contributed by atoms with Crippen LogP contribution < -0.4 is 16.4 Å². The molecule has 146 valence electrons. The molecule has 1 saturated carbocycles. The summed E-state index contributed by atoms with van der Waals surface area (Å²) < 4.78 is 2.62. The van der Waals surface area contributed by atoms with Crippen molar-refractivity contribution in [3.05, 3.63) is 45.8 Å². The van der Waals surface area contributed by atoms with Crippen LogP contribution in [0.1, 0.15) is 29.6 Å². The van der Waals surface area contributed by atoms with E-state index in [-0.39, 0.29) is 11.9 Å². The summed E-state index contributed by atoms with van der Waals surface area (Å²) in [6, 6.07) is 5.72. The molecule has 1 aromatic carbocycles. The van der Waals surface area contributed by atoms with Gasteiger partial charge in [-0.2, -0.15) is 0 Å². The third-order valence-electron chi connectivity index (χ3n) is 4.56. The number of rotatable bonds is 7. The van der Waals surface area contributed by atoms with Gasteiger partial charge in [-0.1, -0.05) is 17.7 Å². The molecule has 1 fully saturated rings. The third kappa shape index (κ3) is 3.99. The fraction of sp³-hybridized carbons (Fsp3) is 0.316. The summed E-state index contributed by atoms with van der Waals surface area (Å²) in [6.45, 7) is 1.32. The second-order valence-electron chi connectivity index (χ2n) is 6.76. The molecule has 0 saturated heterocycles. The van der Waals surface area contributed by atoms with Crippen LogP contribution in [0.5, 0.6) is 0 Å². The first kappa shape index (κ1) is 19.2. The van der Waals surface area contributed by atoms with Crippen LogP contribution in [0.2, 0.25) is 5.02 Å². The minimum absolute atomic E-state index is 0.129. The largest absolute Gasteiger partial charge is 0.367 e. The van der Waals surface area contributed by atoms with Crippen molar-refractivity contribution in [1.29, 1.82) is 0 Å². The molecular weight excluding hydrogens is 444 g/mol. The molecule has 0 atom stereocenters. The zero-order valence-electron chi connectivity index (χ0n) is 15.1. The summed E-state index contributed by atoms with van der Waals surface area (Å²) >= 11 is 9.86. The fourth-order valence-corrected chi connectivity index (χ4v) is 3.60. The Morgan fingerprint density at radius 3 is 2.93 bits per heavy atom. The second kappa shape index (κ2) is 8.06. The number of fused-ring (bicyclic) bond motifs is 1. The van der Waals surface area contributed by atoms with Crippen molar-refractivity contribution in [1.82, 2.24) is 19.7 Å². The molecule has 0 aliphatic heterocycles. The van der Waals surface area contributed by atoms with Crippen molar-refractivity contribution in [3.63, 3.8) is 0 Å². The number of benzene rings is 1. The number of imidazole rings is 1. The van der Waals surface area contributed by atoms with Crippen LogP contribution in [0.25, 0.3) is 16.9 Å². The predicted octanol–water partition coefficient (Wildman–Crippen LogP) is 3.47. The summed E-state index contributed by atoms with van der Waals surface area (Å²) in [5.41, 5.74) is 8.48. The van der Waals surface area contributed by atoms with Gasteiger partial charge in [0.25, 0.3) is 5.91 Å². The molecule has 4 N–H and O–H groups in total. The third-order valence-corrected chi connectivity index (χ3v) is 5.25. The summed E-state index contributed by atoms with van der Waals surface area (Å²) in [5.74, 6) is 0.552. The lowest BCUT2D eigenvalue weighted by atomic mass is 10.1. The fourth-order valence-electron chi connectivity index (χ4n) is 2.95. The molecule has 0 bridgehead atoms. The van der Waals surface area contributed by atoms with E-state index in [0.717, 1.165) is 30.5 Å². The van der Waals surface area contributed by atoms with Crippen molar-refractivity contribution in [2.45, 2.75) is 25.3 Å². The number of hydrogen-bond acceptors (Lipinski definition) is 5. The standard InChI is InChI=1S/C19H20BrClN6O/c20-16-10-27-15(9-24-18(27)17(26-16)23-7-1-6-22)11-2-5-13(14(21)8-11)19(28)25-12-3-4-12/h2,5,8-10,12H,1,3-4,6-7,22H2,(H,23,26)(H,25,28). The van der Waals surface area contributed by atoms with Crippen LogP contribution >= 0.6 is 27.5 Å². The van der Waals surface area contributed by atoms with Crippen LogP contribution in [0.4, 0.5) is 5.82 Å². The number of carbonyl (C=O) groups excluding carboxylic acids is 1. The molecular formula is C19H20BrClN6O. The van der Waals surface area contributed by atoms with Crippen molar-refractivity contribution in [3.8, 4) is 11.3 Å². The molecule has 1 amide bonds. The predicted molar refractivity (Wildman–Crippen MR) is 114 cm³/mol. The van der Waals surface area contributed by atoms with Gasteiger partial charge < -0.3 is 16.4 Å². The summed E-state index contributed by atoms with van der Waals surface area (Å²) in [6.07, 6.45) is 6.54. The first-order valence-corrected chi connectivity index (χ1v) is 10.3. The number of amides is 1. The van der Waals surface area contributed by atoms with Gasteiger partial charge in [0.2, 0.25) is 0 Å². The average molecular weight is 464 g/mol. The Hall–Kier alpha value is -2.16. The van der Waals surface area contributed by atoms with Gasteiger partial charge in [-0.05, 0) is 53.9 Å². The molecule has 4 rings (SSSR count). The Morgan fingerprint density at radius 2 is 2.21 bits per heavy atom. The molecule has 9 heteroatoms. The highest BCUT2D eigenvalue weighted by Gasteiger charge is 2.25. The molecule has 0 radical (unpaired) electrons. The van der Waals surface area contributed by atoms with E-state index in [1.165, 1.54) is 0 Å². The number of hydrogen-bond donors (Lipinski definition) is 3. The van der Waals surface area contributed by atoms with Gasteiger partial charge in [-0.15, -0.1) is 0 Å². The summed E-state index contributed by atoms with van der Waals surface area (Å²) in [5, 5.41) is 6.65. The Bertz CT molecular complexity index is 1030. The smallest absolute Gasteiger partial charge is 0.253 e. The van der Waals surface area contributed by atoms with Crippen LogP contribution in [-0.4, -0.2) is 39.4 Å². The minimum Gasteiger partial charge on any atom is -0.367 e. The van der Waals surface area contributed by atoms with Gasteiger partial charge in [-0.25, -0.2) is 9.97 Å². The van der Waals surface area contributed by atoms with Gasteiger partial charge in [0.1, 0.15) is 4.60 Å². The summed E-state index contributed by atoms with van der Waals surface area (Å²) in [7, 11) is 0. The van der Waals surface area contributed by atoms with Gasteiger partial charge in [0.05, 0.1) is 22.5 Å². The lowest BCUT2D eigenvalue weighted by Crippen LogP contribution is -2.25. The molecule has 2 aromatic heterocycles. The van der Waals surface area contributed by atoms with Gasteiger partial charge >= 0.3 is 0 Å². The van der Waals surface area contributed by atoms with Crippen molar-refractivity contribution in [2.75, 3.05) is 18.4 Å². The monoisotopic (exact) mass is 462 g/mol. The maximum absolute atomic E-state index is 12.3. The van der Waals surface area contributed by atoms with E-state index in [2.05, 4.69) is 36.5 Å². The number of nitrogens with zero attached hydrogens (tertiary/aromatic N) is 3. The Morgan fingerprint density at radius 1 is 1.39 bits per heavy atom. The number of carbonyl (C=O) groups is 1. The van der Waals surface area contributed by atoms with Crippen molar-refractivity contribution >= 4 is 44.9 Å². The lowest BCUT2D eigenvalue weighted by Gasteiger charge is -2.10. The number of aromatic nitrogens is 3. The number of nitrogens with one attached hydrogen (secondary N) is 2. The van der Waals surface area contributed by atoms with E-state index in [1.54, 1.807) is 18.3 Å². The van der Waals surface area contributed by atoms with Crippen molar-refractivity contribution < 1.29 is 4.79 Å². The van der Waals surface area contributed by atoms with Crippen LogP contribution in [0, 0.1) is 0 Å². The molecule has 1 aliphatic rings. The average Bonchev–Trinajstić information content (AvgIpc) is 3.37. The van der Waals surface area contributed by atoms with Crippen LogP contribution in [0.15, 0.2) is 35.2 Å². The van der Waals surface area contributed by atoms with Crippen LogP contribution in [-0.2, 0) is 0 Å². The second-order valence-corrected chi connectivity index (χ2v) is 7.98. The molecule has 1 aliphatic carbocycles. The van der Waals surface area contributed by atoms with Gasteiger partial charge in [-0.3, -0.25) is 9.20 Å². The molecule has 28 heavy (non-hydrogen) atoms. The van der Waals surface area contributed by atoms with E-state index in [1.807, 2.05) is 16.7 Å². The molecule has 3 aromatic rings. The van der Waals surface area contributed by atoms with Crippen molar-refractivity contribution in [2.24, 2.45) is 5.73 Å². The Labute approximate surface area is 175 Å². The van der Waals surface area contributed by atoms with Crippen LogP contribution in [0.3, 0.4) is 0 Å². The first-order valence-electron chi connectivity index (χ1n) is 9.15. The topological polar surface area (TPSA) is 97.3 Å². The van der Waals surface area contributed by atoms with E-state index in [0.29, 0.717) is 39.7 Å². The molecule has 0 spiro atoms. The number of anilines is 1. The minimum atomic E-state index is -0.129. The Balaban J connectivity index is 1.67. The molecule has 0 unspecified atom stereocenters. The van der Waals surface area contributed by atoms with Gasteiger partial charge in [0.15, 0.2) is 11.5 Å². The zero-order chi connectivity index (χ0) is 19.7. The highest BCUT2D eigenvalue weighted by molar-refractivity contribution is 9.10. The van der Waals surface area contributed by atoms with E-state index in [9.17, 15) is 4.79 Å². The van der Waals surface area contributed by atoms with E-state index < -0.39 is 0 Å². The summed E-state index contributed by atoms with van der Waals surface area (Å²) in [4.78, 5) is 21.3. The number of nitrogens with two attached hydrogens (primary N) is 1.